The van der Waals surface area contributed by atoms with Crippen LogP contribution in [-0.2, 0) is 9.59 Å². The summed E-state index contributed by atoms with van der Waals surface area (Å²) in [5.74, 6) is -0.607. The number of hydrogen-bond donors (Lipinski definition) is 1. The molecule has 4 aromatic rings. The summed E-state index contributed by atoms with van der Waals surface area (Å²) in [6, 6.07) is 19.0. The molecule has 0 bridgehead atoms. The molecule has 7 heteroatoms. The molecule has 2 amide bonds. The topological polar surface area (TPSA) is 67.2 Å². The van der Waals surface area contributed by atoms with Gasteiger partial charge in [-0.3, -0.25) is 19.5 Å². The van der Waals surface area contributed by atoms with E-state index in [-0.39, 0.29) is 18.2 Å². The molecule has 138 valence electrons. The standard InChI is InChI=1S/C22H15BN4O2/c23-22-24-11-12-26(22)15-6-8-16(9-7-15)27-18-10-5-14-3-1-2-4-17(14)21(18)25-19(28)13-20(27)29/h1-12H,13H2,(H,25,28). The molecule has 0 fully saturated rings. The molecule has 0 saturated carbocycles. The van der Waals surface area contributed by atoms with Crippen molar-refractivity contribution in [2.75, 3.05) is 10.2 Å². The highest BCUT2D eigenvalue weighted by atomic mass is 16.2. The van der Waals surface area contributed by atoms with Crippen molar-refractivity contribution in [2.24, 2.45) is 0 Å². The van der Waals surface area contributed by atoms with Crippen LogP contribution in [0.3, 0.4) is 0 Å². The number of hydrogen-bond acceptors (Lipinski definition) is 3. The molecule has 1 N–H and O–H groups in total. The minimum absolute atomic E-state index is 0.223. The Kier molecular flexibility index (Phi) is 3.94. The minimum Gasteiger partial charge on any atom is -0.323 e. The number of imidazole rings is 1. The normalized spacial score (nSPS) is 13.9. The maximum atomic E-state index is 12.9. The second-order valence-corrected chi connectivity index (χ2v) is 6.81. The lowest BCUT2D eigenvalue weighted by Crippen LogP contribution is -2.26. The van der Waals surface area contributed by atoms with Crippen LogP contribution in [-0.4, -0.2) is 29.2 Å². The molecule has 2 heterocycles. The zero-order valence-electron chi connectivity index (χ0n) is 15.4. The molecule has 0 atom stereocenters. The van der Waals surface area contributed by atoms with Crippen molar-refractivity contribution in [3.8, 4) is 5.69 Å². The monoisotopic (exact) mass is 378 g/mol. The molecule has 1 aromatic heterocycles. The molecule has 0 spiro atoms. The highest BCUT2D eigenvalue weighted by Crippen LogP contribution is 2.39. The molecule has 1 aliphatic heterocycles. The van der Waals surface area contributed by atoms with E-state index in [1.165, 1.54) is 0 Å². The van der Waals surface area contributed by atoms with Crippen LogP contribution < -0.4 is 15.9 Å². The maximum absolute atomic E-state index is 12.9. The van der Waals surface area contributed by atoms with Crippen molar-refractivity contribution in [2.45, 2.75) is 6.42 Å². The van der Waals surface area contributed by atoms with Gasteiger partial charge in [-0.1, -0.05) is 30.3 Å². The van der Waals surface area contributed by atoms with Crippen molar-refractivity contribution in [3.63, 3.8) is 0 Å². The molecule has 1 aliphatic rings. The van der Waals surface area contributed by atoms with Crippen molar-refractivity contribution in [3.05, 3.63) is 73.1 Å². The Hall–Kier alpha value is -3.87. The van der Waals surface area contributed by atoms with E-state index < -0.39 is 0 Å². The SMILES string of the molecule is [B]c1nccn1-c1ccc(N2C(=O)CC(=O)Nc3c2ccc2ccccc32)cc1. The Morgan fingerprint density at radius 3 is 2.45 bits per heavy atom. The van der Waals surface area contributed by atoms with Crippen LogP contribution in [0, 0.1) is 0 Å². The fraction of sp³-hybridized carbons (Fsp3) is 0.0455. The van der Waals surface area contributed by atoms with Crippen LogP contribution in [0.5, 0.6) is 0 Å². The van der Waals surface area contributed by atoms with Crippen LogP contribution in [0.2, 0.25) is 0 Å². The molecule has 6 nitrogen and oxygen atoms in total. The number of nitrogens with one attached hydrogen (secondary N) is 1. The Labute approximate surface area is 168 Å². The van der Waals surface area contributed by atoms with E-state index in [4.69, 9.17) is 7.85 Å². The molecule has 5 rings (SSSR count). The van der Waals surface area contributed by atoms with Gasteiger partial charge in [-0.2, -0.15) is 0 Å². The molecule has 0 unspecified atom stereocenters. The van der Waals surface area contributed by atoms with Crippen LogP contribution >= 0.6 is 0 Å². The first-order chi connectivity index (χ1) is 14.1. The van der Waals surface area contributed by atoms with E-state index in [1.54, 1.807) is 21.9 Å². The third-order valence-electron chi connectivity index (χ3n) is 5.03. The van der Waals surface area contributed by atoms with E-state index in [0.717, 1.165) is 16.5 Å². The smallest absolute Gasteiger partial charge is 0.241 e. The molecule has 0 saturated heterocycles. The number of anilines is 3. The van der Waals surface area contributed by atoms with Gasteiger partial charge in [-0.05, 0) is 35.7 Å². The van der Waals surface area contributed by atoms with Crippen LogP contribution in [0.25, 0.3) is 16.5 Å². The van der Waals surface area contributed by atoms with E-state index in [1.807, 2.05) is 60.7 Å². The predicted molar refractivity (Wildman–Crippen MR) is 113 cm³/mol. The van der Waals surface area contributed by atoms with E-state index in [2.05, 4.69) is 10.3 Å². The van der Waals surface area contributed by atoms with Crippen LogP contribution in [0.4, 0.5) is 17.1 Å². The van der Waals surface area contributed by atoms with Gasteiger partial charge in [0.05, 0.1) is 17.1 Å². The van der Waals surface area contributed by atoms with E-state index in [0.29, 0.717) is 22.8 Å². The lowest BCUT2D eigenvalue weighted by Gasteiger charge is -2.23. The molecular weight excluding hydrogens is 363 g/mol. The zero-order valence-corrected chi connectivity index (χ0v) is 15.4. The second-order valence-electron chi connectivity index (χ2n) is 6.81. The average molecular weight is 378 g/mol. The summed E-state index contributed by atoms with van der Waals surface area (Å²) in [4.78, 5) is 30.9. The Balaban J connectivity index is 1.65. The van der Waals surface area contributed by atoms with Crippen LogP contribution in [0.1, 0.15) is 6.42 Å². The number of carbonyl (C=O) groups is 2. The van der Waals surface area contributed by atoms with Crippen molar-refractivity contribution < 1.29 is 9.59 Å². The summed E-state index contributed by atoms with van der Waals surface area (Å²) >= 11 is 0. The van der Waals surface area contributed by atoms with Gasteiger partial charge in [0.25, 0.3) is 0 Å². The number of rotatable bonds is 2. The molecule has 2 radical (unpaired) electrons. The van der Waals surface area contributed by atoms with Crippen molar-refractivity contribution >= 4 is 53.2 Å². The largest absolute Gasteiger partial charge is 0.323 e. The summed E-state index contributed by atoms with van der Waals surface area (Å²) in [5, 5.41) is 4.79. The van der Waals surface area contributed by atoms with Crippen molar-refractivity contribution in [1.29, 1.82) is 0 Å². The Morgan fingerprint density at radius 1 is 0.931 bits per heavy atom. The first-order valence-electron chi connectivity index (χ1n) is 9.15. The summed E-state index contributed by atoms with van der Waals surface area (Å²) < 4.78 is 1.75. The predicted octanol–water partition coefficient (Wildman–Crippen LogP) is 2.83. The number of aromatic nitrogens is 2. The third kappa shape index (κ3) is 2.87. The minimum atomic E-state index is -0.321. The Morgan fingerprint density at radius 2 is 1.69 bits per heavy atom. The summed E-state index contributed by atoms with van der Waals surface area (Å²) in [6.45, 7) is 0. The zero-order chi connectivity index (χ0) is 20.0. The number of carbonyl (C=O) groups excluding carboxylic acids is 2. The number of amides is 2. The first kappa shape index (κ1) is 17.2. The number of nitrogens with zero attached hydrogens (tertiary/aromatic N) is 3. The van der Waals surface area contributed by atoms with Gasteiger partial charge in [0.15, 0.2) is 7.85 Å². The highest BCUT2D eigenvalue weighted by Gasteiger charge is 2.28. The molecular formula is C22H15BN4O2. The molecule has 29 heavy (non-hydrogen) atoms. The van der Waals surface area contributed by atoms with Crippen LogP contribution in [0.15, 0.2) is 73.1 Å². The van der Waals surface area contributed by atoms with Gasteiger partial charge in [-0.25, -0.2) is 0 Å². The second kappa shape index (κ2) is 6.63. The maximum Gasteiger partial charge on any atom is 0.241 e. The lowest BCUT2D eigenvalue weighted by molar-refractivity contribution is -0.124. The van der Waals surface area contributed by atoms with Gasteiger partial charge >= 0.3 is 0 Å². The van der Waals surface area contributed by atoms with Crippen molar-refractivity contribution in [1.82, 2.24) is 9.55 Å². The Bertz CT molecular complexity index is 1260. The summed E-state index contributed by atoms with van der Waals surface area (Å²) in [5.41, 5.74) is 3.18. The quantitative estimate of drug-likeness (QED) is 0.431. The van der Waals surface area contributed by atoms with E-state index >= 15 is 0 Å². The fourth-order valence-electron chi connectivity index (χ4n) is 3.69. The third-order valence-corrected chi connectivity index (χ3v) is 5.03. The average Bonchev–Trinajstić information content (AvgIpc) is 3.10. The van der Waals surface area contributed by atoms with Gasteiger partial charge in [-0.15, -0.1) is 0 Å². The van der Waals surface area contributed by atoms with Gasteiger partial charge in [0.1, 0.15) is 6.42 Å². The highest BCUT2D eigenvalue weighted by molar-refractivity contribution is 6.29. The number of fused-ring (bicyclic) bond motifs is 3. The lowest BCUT2D eigenvalue weighted by atomic mass is 10.1. The van der Waals surface area contributed by atoms with Gasteiger partial charge in [0, 0.05) is 29.2 Å². The molecule has 0 aliphatic carbocycles. The van der Waals surface area contributed by atoms with E-state index in [9.17, 15) is 9.59 Å². The number of benzene rings is 3. The first-order valence-corrected chi connectivity index (χ1v) is 9.15. The summed E-state index contributed by atoms with van der Waals surface area (Å²) in [6.07, 6.45) is 3.17. The fourth-order valence-corrected chi connectivity index (χ4v) is 3.69. The van der Waals surface area contributed by atoms with Gasteiger partial charge < -0.3 is 9.88 Å². The summed E-state index contributed by atoms with van der Waals surface area (Å²) in [7, 11) is 5.87. The molecule has 3 aromatic carbocycles. The van der Waals surface area contributed by atoms with Gasteiger partial charge in [0.2, 0.25) is 11.8 Å².